The molecule has 0 fully saturated rings. The van der Waals surface area contributed by atoms with Crippen LogP contribution in [0.4, 0.5) is 5.69 Å². The average Bonchev–Trinajstić information content (AvgIpc) is 2.51. The van der Waals surface area contributed by atoms with Crippen molar-refractivity contribution in [2.45, 2.75) is 6.92 Å². The van der Waals surface area contributed by atoms with Gasteiger partial charge < -0.3 is 14.8 Å². The highest BCUT2D eigenvalue weighted by Gasteiger charge is 2.08. The lowest BCUT2D eigenvalue weighted by Gasteiger charge is -2.12. The van der Waals surface area contributed by atoms with E-state index in [1.54, 1.807) is 30.3 Å². The molecule has 2 aromatic carbocycles. The summed E-state index contributed by atoms with van der Waals surface area (Å²) in [6.07, 6.45) is 0. The summed E-state index contributed by atoms with van der Waals surface area (Å²) in [5.74, 6) is 0.800. The molecular formula is C16H15Cl2NO3. The van der Waals surface area contributed by atoms with Gasteiger partial charge in [0.05, 0.1) is 22.3 Å². The number of halogens is 2. The molecule has 0 radical (unpaired) electrons. The summed E-state index contributed by atoms with van der Waals surface area (Å²) in [4.78, 5) is 11.9. The molecule has 0 saturated carbocycles. The smallest absolute Gasteiger partial charge is 0.262 e. The number of rotatable bonds is 6. The first-order valence-electron chi connectivity index (χ1n) is 6.69. The first-order valence-corrected chi connectivity index (χ1v) is 7.45. The molecule has 0 unspecified atom stereocenters. The summed E-state index contributed by atoms with van der Waals surface area (Å²) in [7, 11) is 0. The molecular weight excluding hydrogens is 325 g/mol. The van der Waals surface area contributed by atoms with Crippen LogP contribution in [0, 0.1) is 0 Å². The SMILES string of the molecule is CCOc1ccccc1NC(=O)COc1ccc(Cl)c(Cl)c1. The largest absolute Gasteiger partial charge is 0.492 e. The Morgan fingerprint density at radius 3 is 2.59 bits per heavy atom. The fourth-order valence-corrected chi connectivity index (χ4v) is 2.04. The lowest BCUT2D eigenvalue weighted by atomic mass is 10.3. The van der Waals surface area contributed by atoms with Gasteiger partial charge in [-0.15, -0.1) is 0 Å². The molecule has 0 heterocycles. The number of hydrogen-bond donors (Lipinski definition) is 1. The van der Waals surface area contributed by atoms with Crippen molar-refractivity contribution in [3.8, 4) is 11.5 Å². The Morgan fingerprint density at radius 2 is 1.86 bits per heavy atom. The summed E-state index contributed by atoms with van der Waals surface area (Å²) in [6, 6.07) is 12.0. The molecule has 0 bridgehead atoms. The molecule has 2 rings (SSSR count). The Bertz CT molecular complexity index is 662. The Labute approximate surface area is 138 Å². The highest BCUT2D eigenvalue weighted by Crippen LogP contribution is 2.26. The number of hydrogen-bond acceptors (Lipinski definition) is 3. The molecule has 22 heavy (non-hydrogen) atoms. The van der Waals surface area contributed by atoms with Crippen LogP contribution in [0.15, 0.2) is 42.5 Å². The number of amides is 1. The molecule has 0 aliphatic carbocycles. The zero-order valence-electron chi connectivity index (χ0n) is 11.9. The zero-order chi connectivity index (χ0) is 15.9. The maximum Gasteiger partial charge on any atom is 0.262 e. The molecule has 0 aliphatic rings. The van der Waals surface area contributed by atoms with Gasteiger partial charge in [0.25, 0.3) is 5.91 Å². The van der Waals surface area contributed by atoms with Crippen molar-refractivity contribution in [1.29, 1.82) is 0 Å². The standard InChI is InChI=1S/C16H15Cl2NO3/c1-2-21-15-6-4-3-5-14(15)19-16(20)10-22-11-7-8-12(17)13(18)9-11/h3-9H,2,10H2,1H3,(H,19,20). The van der Waals surface area contributed by atoms with Crippen LogP contribution in [0.3, 0.4) is 0 Å². The second-order valence-electron chi connectivity index (χ2n) is 4.34. The zero-order valence-corrected chi connectivity index (χ0v) is 13.4. The molecule has 4 nitrogen and oxygen atoms in total. The van der Waals surface area contributed by atoms with Gasteiger partial charge in [-0.2, -0.15) is 0 Å². The maximum absolute atomic E-state index is 11.9. The van der Waals surface area contributed by atoms with Crippen LogP contribution in [0.2, 0.25) is 10.0 Å². The second kappa shape index (κ2) is 7.92. The van der Waals surface area contributed by atoms with Gasteiger partial charge in [0, 0.05) is 6.07 Å². The van der Waals surface area contributed by atoms with Crippen molar-refractivity contribution >= 4 is 34.8 Å². The third-order valence-corrected chi connectivity index (χ3v) is 3.46. The van der Waals surface area contributed by atoms with Crippen molar-refractivity contribution in [3.05, 3.63) is 52.5 Å². The van der Waals surface area contributed by atoms with Crippen molar-refractivity contribution in [3.63, 3.8) is 0 Å². The quantitative estimate of drug-likeness (QED) is 0.847. The third kappa shape index (κ3) is 4.55. The number of anilines is 1. The van der Waals surface area contributed by atoms with Gasteiger partial charge in [-0.3, -0.25) is 4.79 Å². The van der Waals surface area contributed by atoms with Crippen LogP contribution < -0.4 is 14.8 Å². The van der Waals surface area contributed by atoms with Crippen LogP contribution in [0.25, 0.3) is 0 Å². The summed E-state index contributed by atoms with van der Waals surface area (Å²) in [6.45, 7) is 2.26. The minimum absolute atomic E-state index is 0.140. The van der Waals surface area contributed by atoms with Crippen molar-refractivity contribution in [1.82, 2.24) is 0 Å². The van der Waals surface area contributed by atoms with Gasteiger partial charge in [0.2, 0.25) is 0 Å². The number of para-hydroxylation sites is 2. The van der Waals surface area contributed by atoms with Gasteiger partial charge >= 0.3 is 0 Å². The molecule has 2 aromatic rings. The summed E-state index contributed by atoms with van der Waals surface area (Å²) < 4.78 is 10.8. The van der Waals surface area contributed by atoms with Crippen molar-refractivity contribution in [2.24, 2.45) is 0 Å². The predicted octanol–water partition coefficient (Wildman–Crippen LogP) is 4.41. The molecule has 0 aliphatic heterocycles. The van der Waals surface area contributed by atoms with Crippen LogP contribution >= 0.6 is 23.2 Å². The van der Waals surface area contributed by atoms with E-state index in [4.69, 9.17) is 32.7 Å². The lowest BCUT2D eigenvalue weighted by Crippen LogP contribution is -2.20. The van der Waals surface area contributed by atoms with Crippen LogP contribution in [-0.4, -0.2) is 19.1 Å². The Morgan fingerprint density at radius 1 is 1.09 bits per heavy atom. The van der Waals surface area contributed by atoms with Crippen molar-refractivity contribution < 1.29 is 14.3 Å². The second-order valence-corrected chi connectivity index (χ2v) is 5.16. The highest BCUT2D eigenvalue weighted by atomic mass is 35.5. The van der Waals surface area contributed by atoms with Crippen LogP contribution in [0.1, 0.15) is 6.92 Å². The third-order valence-electron chi connectivity index (χ3n) is 2.72. The summed E-state index contributed by atoms with van der Waals surface area (Å²) >= 11 is 11.7. The number of carbonyl (C=O) groups excluding carboxylic acids is 1. The van der Waals surface area contributed by atoms with E-state index in [1.807, 2.05) is 19.1 Å². The first-order chi connectivity index (χ1) is 10.6. The molecule has 1 N–H and O–H groups in total. The Kier molecular flexibility index (Phi) is 5.92. The number of nitrogens with one attached hydrogen (secondary N) is 1. The van der Waals surface area contributed by atoms with Gasteiger partial charge in [0.15, 0.2) is 6.61 Å². The summed E-state index contributed by atoms with van der Waals surface area (Å²) in [5.41, 5.74) is 0.604. The van der Waals surface area contributed by atoms with E-state index in [0.717, 1.165) is 0 Å². The number of benzene rings is 2. The van der Waals surface area contributed by atoms with E-state index in [1.165, 1.54) is 0 Å². The van der Waals surface area contributed by atoms with Gasteiger partial charge in [0.1, 0.15) is 11.5 Å². The van der Waals surface area contributed by atoms with E-state index in [2.05, 4.69) is 5.32 Å². The first kappa shape index (κ1) is 16.5. The Hall–Kier alpha value is -1.91. The molecule has 1 amide bonds. The average molecular weight is 340 g/mol. The fraction of sp³-hybridized carbons (Fsp3) is 0.188. The van der Waals surface area contributed by atoms with Gasteiger partial charge in [-0.25, -0.2) is 0 Å². The monoisotopic (exact) mass is 339 g/mol. The van der Waals surface area contributed by atoms with E-state index >= 15 is 0 Å². The topological polar surface area (TPSA) is 47.6 Å². The number of carbonyl (C=O) groups is 1. The maximum atomic E-state index is 11.9. The van der Waals surface area contributed by atoms with E-state index in [0.29, 0.717) is 33.8 Å². The van der Waals surface area contributed by atoms with Crippen molar-refractivity contribution in [2.75, 3.05) is 18.5 Å². The van der Waals surface area contributed by atoms with Gasteiger partial charge in [-0.1, -0.05) is 35.3 Å². The fourth-order valence-electron chi connectivity index (χ4n) is 1.75. The highest BCUT2D eigenvalue weighted by molar-refractivity contribution is 6.42. The van der Waals surface area contributed by atoms with Crippen LogP contribution in [-0.2, 0) is 4.79 Å². The normalized spacial score (nSPS) is 10.1. The summed E-state index contributed by atoms with van der Waals surface area (Å²) in [5, 5.41) is 3.55. The minimum atomic E-state index is -0.293. The van der Waals surface area contributed by atoms with Crippen LogP contribution in [0.5, 0.6) is 11.5 Å². The Balaban J connectivity index is 1.94. The molecule has 0 aromatic heterocycles. The lowest BCUT2D eigenvalue weighted by molar-refractivity contribution is -0.118. The molecule has 6 heteroatoms. The van der Waals surface area contributed by atoms with E-state index in [9.17, 15) is 4.79 Å². The van der Waals surface area contributed by atoms with Gasteiger partial charge in [-0.05, 0) is 31.2 Å². The number of ether oxygens (including phenoxy) is 2. The molecule has 0 saturated heterocycles. The minimum Gasteiger partial charge on any atom is -0.492 e. The molecule has 116 valence electrons. The van der Waals surface area contributed by atoms with E-state index in [-0.39, 0.29) is 12.5 Å². The molecule has 0 spiro atoms. The molecule has 0 atom stereocenters. The predicted molar refractivity (Wildman–Crippen MR) is 88.2 cm³/mol. The van der Waals surface area contributed by atoms with E-state index < -0.39 is 0 Å².